The summed E-state index contributed by atoms with van der Waals surface area (Å²) in [6.07, 6.45) is -4.49. The molecule has 2 aromatic heterocycles. The van der Waals surface area contributed by atoms with Gasteiger partial charge in [0.15, 0.2) is 5.82 Å². The second-order valence-corrected chi connectivity index (χ2v) is 6.77. The van der Waals surface area contributed by atoms with Crippen molar-refractivity contribution in [2.24, 2.45) is 7.05 Å². The molecule has 3 aromatic rings. The predicted octanol–water partition coefficient (Wildman–Crippen LogP) is 3.15. The molecule has 0 fully saturated rings. The van der Waals surface area contributed by atoms with Crippen molar-refractivity contribution in [2.75, 3.05) is 11.9 Å². The quantitative estimate of drug-likeness (QED) is 0.677. The molecule has 0 saturated heterocycles. The lowest BCUT2D eigenvalue weighted by atomic mass is 10.1. The molecule has 0 aliphatic carbocycles. The Morgan fingerprint density at radius 2 is 2.04 bits per heavy atom. The van der Waals surface area contributed by atoms with Crippen LogP contribution in [-0.2, 0) is 19.8 Å². The molecule has 1 aromatic carbocycles. The predicted molar refractivity (Wildman–Crippen MR) is 99.2 cm³/mol. The van der Waals surface area contributed by atoms with Gasteiger partial charge in [-0.3, -0.25) is 9.88 Å². The van der Waals surface area contributed by atoms with Crippen molar-refractivity contribution < 1.29 is 18.0 Å². The molecule has 0 saturated carbocycles. The van der Waals surface area contributed by atoms with Gasteiger partial charge in [0.1, 0.15) is 0 Å². The maximum absolute atomic E-state index is 12.9. The fourth-order valence-corrected chi connectivity index (χ4v) is 3.11. The maximum atomic E-state index is 12.9. The van der Waals surface area contributed by atoms with Crippen LogP contribution in [0.5, 0.6) is 0 Å². The molecule has 2 heterocycles. The number of urea groups is 1. The van der Waals surface area contributed by atoms with Gasteiger partial charge in [0.05, 0.1) is 17.1 Å². The number of rotatable bonds is 5. The monoisotopic (exact) mass is 411 g/mol. The number of carbonyl (C=O) groups is 1. The summed E-state index contributed by atoms with van der Waals surface area (Å²) in [7, 11) is 1.43. The molecule has 148 valence electrons. The lowest BCUT2D eigenvalue weighted by Gasteiger charge is -2.08. The molecule has 0 aliphatic heterocycles. The Bertz CT molecular complexity index is 1020. The minimum absolute atomic E-state index is 0.0729. The van der Waals surface area contributed by atoms with Crippen molar-refractivity contribution >= 4 is 22.4 Å². The van der Waals surface area contributed by atoms with Crippen LogP contribution in [-0.4, -0.2) is 26.9 Å². The third kappa shape index (κ3) is 4.42. The Labute approximate surface area is 161 Å². The van der Waals surface area contributed by atoms with E-state index in [0.717, 1.165) is 16.8 Å². The lowest BCUT2D eigenvalue weighted by molar-refractivity contribution is -0.137. The van der Waals surface area contributed by atoms with Crippen molar-refractivity contribution in [3.05, 3.63) is 57.8 Å². The van der Waals surface area contributed by atoms with Gasteiger partial charge in [-0.25, -0.2) is 14.3 Å². The Hall–Kier alpha value is -3.08. The number of thiophene rings is 1. The van der Waals surface area contributed by atoms with Gasteiger partial charge in [-0.1, -0.05) is 12.1 Å². The second kappa shape index (κ2) is 7.89. The summed E-state index contributed by atoms with van der Waals surface area (Å²) in [5.41, 5.74) is -1.14. The summed E-state index contributed by atoms with van der Waals surface area (Å²) in [5, 5.41) is 11.8. The van der Waals surface area contributed by atoms with Crippen molar-refractivity contribution in [1.82, 2.24) is 19.7 Å². The van der Waals surface area contributed by atoms with Crippen LogP contribution in [0.1, 0.15) is 5.56 Å². The van der Waals surface area contributed by atoms with E-state index in [2.05, 4.69) is 15.7 Å². The molecule has 2 amide bonds. The Kier molecular flexibility index (Phi) is 5.54. The fourth-order valence-electron chi connectivity index (χ4n) is 2.50. The summed E-state index contributed by atoms with van der Waals surface area (Å²) in [4.78, 5) is 24.1. The van der Waals surface area contributed by atoms with Crippen molar-refractivity contribution in [1.29, 1.82) is 0 Å². The number of anilines is 1. The summed E-state index contributed by atoms with van der Waals surface area (Å²) >= 11 is 1.37. The average molecular weight is 411 g/mol. The first kappa shape index (κ1) is 19.7. The molecular formula is C17H16F3N5O2S. The summed E-state index contributed by atoms with van der Waals surface area (Å²) in [5.74, 6) is 0.110. The number of hydrogen-bond donors (Lipinski definition) is 2. The highest BCUT2D eigenvalue weighted by Gasteiger charge is 2.30. The topological polar surface area (TPSA) is 81.0 Å². The number of benzene rings is 1. The number of halogens is 3. The zero-order chi connectivity index (χ0) is 20.3. The number of aromatic nitrogens is 3. The molecule has 28 heavy (non-hydrogen) atoms. The largest absolute Gasteiger partial charge is 0.416 e. The molecule has 3 rings (SSSR count). The Morgan fingerprint density at radius 3 is 2.71 bits per heavy atom. The van der Waals surface area contributed by atoms with Gasteiger partial charge in [-0.15, -0.1) is 16.4 Å². The summed E-state index contributed by atoms with van der Waals surface area (Å²) in [6.45, 7) is 0.194. The van der Waals surface area contributed by atoms with E-state index in [9.17, 15) is 22.8 Å². The van der Waals surface area contributed by atoms with Crippen LogP contribution in [0.4, 0.5) is 23.0 Å². The van der Waals surface area contributed by atoms with Gasteiger partial charge in [0.2, 0.25) is 0 Å². The van der Waals surface area contributed by atoms with Gasteiger partial charge in [-0.05, 0) is 29.6 Å². The molecule has 0 radical (unpaired) electrons. The molecule has 0 unspecified atom stereocenters. The van der Waals surface area contributed by atoms with Gasteiger partial charge in [0.25, 0.3) is 0 Å². The van der Waals surface area contributed by atoms with Crippen LogP contribution in [0.2, 0.25) is 0 Å². The van der Waals surface area contributed by atoms with Crippen molar-refractivity contribution in [3.8, 4) is 11.4 Å². The van der Waals surface area contributed by atoms with Gasteiger partial charge in [-0.2, -0.15) is 13.2 Å². The SMILES string of the molecule is Cn1c(-c2cccc(C(F)(F)F)c2)nn(CCNC(=O)Nc2cccs2)c1=O. The van der Waals surface area contributed by atoms with Gasteiger partial charge in [0, 0.05) is 19.2 Å². The molecule has 0 aliphatic rings. The van der Waals surface area contributed by atoms with Crippen LogP contribution in [0.3, 0.4) is 0 Å². The third-order valence-electron chi connectivity index (χ3n) is 3.86. The smallest absolute Gasteiger partial charge is 0.336 e. The first-order valence-corrected chi connectivity index (χ1v) is 9.03. The average Bonchev–Trinajstić information content (AvgIpc) is 3.24. The van der Waals surface area contributed by atoms with Crippen LogP contribution in [0.15, 0.2) is 46.6 Å². The first-order chi connectivity index (χ1) is 13.3. The van der Waals surface area contributed by atoms with E-state index in [0.29, 0.717) is 5.00 Å². The minimum atomic E-state index is -4.49. The number of nitrogens with one attached hydrogen (secondary N) is 2. The second-order valence-electron chi connectivity index (χ2n) is 5.83. The van der Waals surface area contributed by atoms with Crippen LogP contribution >= 0.6 is 11.3 Å². The molecule has 11 heteroatoms. The van der Waals surface area contributed by atoms with E-state index in [1.54, 1.807) is 12.1 Å². The molecule has 0 atom stereocenters. The van der Waals surface area contributed by atoms with Crippen LogP contribution < -0.4 is 16.3 Å². The molecule has 7 nitrogen and oxygen atoms in total. The van der Waals surface area contributed by atoms with E-state index in [4.69, 9.17) is 0 Å². The third-order valence-corrected chi connectivity index (χ3v) is 4.64. The van der Waals surface area contributed by atoms with Crippen molar-refractivity contribution in [2.45, 2.75) is 12.7 Å². The lowest BCUT2D eigenvalue weighted by Crippen LogP contribution is -2.34. The normalized spacial score (nSPS) is 11.4. The Morgan fingerprint density at radius 1 is 1.25 bits per heavy atom. The zero-order valence-corrected chi connectivity index (χ0v) is 15.5. The van der Waals surface area contributed by atoms with E-state index >= 15 is 0 Å². The molecule has 0 spiro atoms. The van der Waals surface area contributed by atoms with Crippen LogP contribution in [0.25, 0.3) is 11.4 Å². The number of alkyl halides is 3. The molecule has 0 bridgehead atoms. The van der Waals surface area contributed by atoms with E-state index in [1.807, 2.05) is 5.38 Å². The number of amides is 2. The molecular weight excluding hydrogens is 395 g/mol. The Balaban J connectivity index is 1.70. The van der Waals surface area contributed by atoms with Gasteiger partial charge < -0.3 is 5.32 Å². The van der Waals surface area contributed by atoms with Gasteiger partial charge >= 0.3 is 17.9 Å². The highest BCUT2D eigenvalue weighted by atomic mass is 32.1. The number of carbonyl (C=O) groups excluding carboxylic acids is 1. The summed E-state index contributed by atoms with van der Waals surface area (Å²) in [6, 6.07) is 7.72. The van der Waals surface area contributed by atoms with Crippen LogP contribution in [0, 0.1) is 0 Å². The number of nitrogens with zero attached hydrogens (tertiary/aromatic N) is 3. The highest BCUT2D eigenvalue weighted by Crippen LogP contribution is 2.31. The fraction of sp³-hybridized carbons (Fsp3) is 0.235. The standard InChI is InChI=1S/C17H16F3N5O2S/c1-24-14(11-4-2-5-12(10-11)17(18,19)20)23-25(16(24)27)8-7-21-15(26)22-13-6-3-9-28-13/h2-6,9-10H,7-8H2,1H3,(H2,21,22,26). The highest BCUT2D eigenvalue weighted by molar-refractivity contribution is 7.14. The van der Waals surface area contributed by atoms with E-state index in [-0.39, 0.29) is 24.5 Å². The molecule has 2 N–H and O–H groups in total. The number of hydrogen-bond acceptors (Lipinski definition) is 4. The summed E-state index contributed by atoms with van der Waals surface area (Å²) < 4.78 is 41.0. The minimum Gasteiger partial charge on any atom is -0.336 e. The van der Waals surface area contributed by atoms with Crippen molar-refractivity contribution in [3.63, 3.8) is 0 Å². The maximum Gasteiger partial charge on any atom is 0.416 e. The van der Waals surface area contributed by atoms with E-state index < -0.39 is 23.5 Å². The zero-order valence-electron chi connectivity index (χ0n) is 14.7. The van der Waals surface area contributed by atoms with E-state index in [1.165, 1.54) is 35.1 Å². The first-order valence-electron chi connectivity index (χ1n) is 8.15.